The zero-order valence-corrected chi connectivity index (χ0v) is 9.00. The quantitative estimate of drug-likeness (QED) is 0.729. The van der Waals surface area contributed by atoms with Gasteiger partial charge < -0.3 is 9.47 Å². The lowest BCUT2D eigenvalue weighted by Gasteiger charge is -2.10. The van der Waals surface area contributed by atoms with Gasteiger partial charge in [0.25, 0.3) is 0 Å². The Kier molecular flexibility index (Phi) is 4.22. The van der Waals surface area contributed by atoms with Crippen LogP contribution in [-0.2, 0) is 0 Å². The Morgan fingerprint density at radius 1 is 1.44 bits per heavy atom. The van der Waals surface area contributed by atoms with Crippen molar-refractivity contribution < 1.29 is 23.0 Å². The Balaban J connectivity index is 3.10. The number of hydrogen-bond donors (Lipinski definition) is 0. The molecule has 3 nitrogen and oxygen atoms in total. The average molecular weight is 230 g/mol. The maximum absolute atomic E-state index is 12.1. The zero-order valence-electron chi connectivity index (χ0n) is 9.00. The van der Waals surface area contributed by atoms with Gasteiger partial charge in [-0.1, -0.05) is 6.92 Å². The Hall–Kier alpha value is -1.65. The van der Waals surface area contributed by atoms with Gasteiger partial charge in [0.05, 0.1) is 12.7 Å². The predicted molar refractivity (Wildman–Crippen MR) is 54.2 cm³/mol. The van der Waals surface area contributed by atoms with Crippen LogP contribution < -0.4 is 9.47 Å². The number of ether oxygens (including phenoxy) is 2. The predicted octanol–water partition coefficient (Wildman–Crippen LogP) is 2.89. The van der Waals surface area contributed by atoms with Crippen molar-refractivity contribution in [2.45, 2.75) is 20.0 Å². The van der Waals surface area contributed by atoms with E-state index in [0.29, 0.717) is 5.75 Å². The molecule has 0 saturated carbocycles. The molecule has 0 aliphatic carbocycles. The highest BCUT2D eigenvalue weighted by atomic mass is 19.3. The number of halogens is 2. The molecule has 1 aromatic carbocycles. The Labute approximate surface area is 92.0 Å². The first-order valence-corrected chi connectivity index (χ1v) is 4.74. The van der Waals surface area contributed by atoms with Crippen LogP contribution in [0.25, 0.3) is 0 Å². The van der Waals surface area contributed by atoms with Crippen molar-refractivity contribution in [3.8, 4) is 11.5 Å². The normalized spacial score (nSPS) is 10.3. The summed E-state index contributed by atoms with van der Waals surface area (Å²) in [7, 11) is 1.41. The monoisotopic (exact) mass is 230 g/mol. The maximum atomic E-state index is 12.1. The van der Waals surface area contributed by atoms with Crippen molar-refractivity contribution in [2.24, 2.45) is 0 Å². The molecule has 0 amide bonds. The molecule has 5 heteroatoms. The van der Waals surface area contributed by atoms with E-state index in [4.69, 9.17) is 4.74 Å². The number of carbonyl (C=O) groups is 1. The Bertz CT molecular complexity index is 377. The molecule has 0 aliphatic rings. The summed E-state index contributed by atoms with van der Waals surface area (Å²) in [5, 5.41) is 0. The molecule has 0 radical (unpaired) electrons. The molecule has 0 heterocycles. The van der Waals surface area contributed by atoms with Gasteiger partial charge in [0, 0.05) is 12.5 Å². The molecular weight excluding hydrogens is 218 g/mol. The summed E-state index contributed by atoms with van der Waals surface area (Å²) in [5.74, 6) is -0.0391. The van der Waals surface area contributed by atoms with Crippen LogP contribution in [0.3, 0.4) is 0 Å². The lowest BCUT2D eigenvalue weighted by Crippen LogP contribution is -2.07. The van der Waals surface area contributed by atoms with Crippen molar-refractivity contribution in [1.82, 2.24) is 0 Å². The van der Waals surface area contributed by atoms with E-state index >= 15 is 0 Å². The van der Waals surface area contributed by atoms with Gasteiger partial charge in [0.2, 0.25) is 0 Å². The summed E-state index contributed by atoms with van der Waals surface area (Å²) in [6, 6.07) is 4.22. The zero-order chi connectivity index (χ0) is 12.1. The van der Waals surface area contributed by atoms with E-state index in [9.17, 15) is 13.6 Å². The fourth-order valence-electron chi connectivity index (χ4n) is 1.24. The smallest absolute Gasteiger partial charge is 0.387 e. The molecule has 0 atom stereocenters. The molecule has 88 valence electrons. The molecule has 0 fully saturated rings. The van der Waals surface area contributed by atoms with E-state index in [2.05, 4.69) is 4.74 Å². The summed E-state index contributed by atoms with van der Waals surface area (Å²) in [6.07, 6.45) is 0.228. The molecule has 0 aliphatic heterocycles. The van der Waals surface area contributed by atoms with Crippen LogP contribution in [0.2, 0.25) is 0 Å². The van der Waals surface area contributed by atoms with Gasteiger partial charge in [-0.25, -0.2) is 0 Å². The molecular formula is C11H12F2O3. The van der Waals surface area contributed by atoms with Gasteiger partial charge >= 0.3 is 6.61 Å². The first-order valence-electron chi connectivity index (χ1n) is 4.74. The van der Waals surface area contributed by atoms with Crippen LogP contribution in [-0.4, -0.2) is 19.5 Å². The van der Waals surface area contributed by atoms with Gasteiger partial charge in [-0.3, -0.25) is 4.79 Å². The largest absolute Gasteiger partial charge is 0.497 e. The number of rotatable bonds is 5. The molecule has 1 rings (SSSR count). The van der Waals surface area contributed by atoms with Crippen molar-refractivity contribution in [1.29, 1.82) is 0 Å². The standard InChI is InChI=1S/C11H12F2O3/c1-3-9(14)8-5-4-7(15-2)6-10(8)16-11(12)13/h4-6,11H,3H2,1-2H3. The van der Waals surface area contributed by atoms with Crippen molar-refractivity contribution in [3.63, 3.8) is 0 Å². The molecule has 0 saturated heterocycles. The van der Waals surface area contributed by atoms with Crippen LogP contribution in [0.4, 0.5) is 8.78 Å². The molecule has 1 aromatic rings. The highest BCUT2D eigenvalue weighted by Crippen LogP contribution is 2.27. The number of Topliss-reactive ketones (excluding diaryl/α,β-unsaturated/α-hetero) is 1. The van der Waals surface area contributed by atoms with E-state index in [1.54, 1.807) is 6.92 Å². The molecule has 0 unspecified atom stereocenters. The third-order valence-corrected chi connectivity index (χ3v) is 2.03. The van der Waals surface area contributed by atoms with Gasteiger partial charge in [-0.15, -0.1) is 0 Å². The second-order valence-electron chi connectivity index (χ2n) is 3.02. The van der Waals surface area contributed by atoms with Gasteiger partial charge in [-0.2, -0.15) is 8.78 Å². The van der Waals surface area contributed by atoms with E-state index in [-0.39, 0.29) is 23.5 Å². The van der Waals surface area contributed by atoms with Crippen LogP contribution >= 0.6 is 0 Å². The molecule has 16 heavy (non-hydrogen) atoms. The summed E-state index contributed by atoms with van der Waals surface area (Å²) >= 11 is 0. The molecule has 0 N–H and O–H groups in total. The topological polar surface area (TPSA) is 35.5 Å². The number of carbonyl (C=O) groups excluding carboxylic acids is 1. The van der Waals surface area contributed by atoms with E-state index < -0.39 is 6.61 Å². The fourth-order valence-corrected chi connectivity index (χ4v) is 1.24. The highest BCUT2D eigenvalue weighted by Gasteiger charge is 2.15. The van der Waals surface area contributed by atoms with E-state index in [1.807, 2.05) is 0 Å². The first-order chi connectivity index (χ1) is 7.58. The third-order valence-electron chi connectivity index (χ3n) is 2.03. The fraction of sp³-hybridized carbons (Fsp3) is 0.364. The maximum Gasteiger partial charge on any atom is 0.387 e. The molecule has 0 aromatic heterocycles. The van der Waals surface area contributed by atoms with Crippen molar-refractivity contribution in [2.75, 3.05) is 7.11 Å². The minimum atomic E-state index is -2.96. The minimum absolute atomic E-state index is 0.142. The summed E-state index contributed by atoms with van der Waals surface area (Å²) in [6.45, 7) is -1.31. The average Bonchev–Trinajstić information content (AvgIpc) is 2.27. The first kappa shape index (κ1) is 12.4. The Morgan fingerprint density at radius 2 is 2.12 bits per heavy atom. The summed E-state index contributed by atoms with van der Waals surface area (Å²) in [5.41, 5.74) is 0.142. The number of alkyl halides is 2. The number of methoxy groups -OCH3 is 1. The highest BCUT2D eigenvalue weighted by molar-refractivity contribution is 5.98. The second-order valence-corrected chi connectivity index (χ2v) is 3.02. The summed E-state index contributed by atoms with van der Waals surface area (Å²) in [4.78, 5) is 11.4. The van der Waals surface area contributed by atoms with Crippen LogP contribution in [0.5, 0.6) is 11.5 Å². The molecule has 0 bridgehead atoms. The van der Waals surface area contributed by atoms with Gasteiger partial charge in [0.15, 0.2) is 5.78 Å². The third kappa shape index (κ3) is 2.92. The Morgan fingerprint density at radius 3 is 2.62 bits per heavy atom. The number of benzene rings is 1. The second kappa shape index (κ2) is 5.44. The van der Waals surface area contributed by atoms with Crippen molar-refractivity contribution >= 4 is 5.78 Å². The van der Waals surface area contributed by atoms with E-state index in [0.717, 1.165) is 0 Å². The lowest BCUT2D eigenvalue weighted by molar-refractivity contribution is -0.0502. The minimum Gasteiger partial charge on any atom is -0.497 e. The van der Waals surface area contributed by atoms with Crippen LogP contribution in [0.1, 0.15) is 23.7 Å². The van der Waals surface area contributed by atoms with Crippen molar-refractivity contribution in [3.05, 3.63) is 23.8 Å². The van der Waals surface area contributed by atoms with Crippen LogP contribution in [0, 0.1) is 0 Å². The van der Waals surface area contributed by atoms with Crippen LogP contribution in [0.15, 0.2) is 18.2 Å². The summed E-state index contributed by atoms with van der Waals surface area (Å²) < 4.78 is 33.4. The molecule has 0 spiro atoms. The number of ketones is 1. The van der Waals surface area contributed by atoms with Gasteiger partial charge in [-0.05, 0) is 12.1 Å². The van der Waals surface area contributed by atoms with Gasteiger partial charge in [0.1, 0.15) is 11.5 Å². The van der Waals surface area contributed by atoms with E-state index in [1.165, 1.54) is 25.3 Å². The SMILES string of the molecule is CCC(=O)c1ccc(OC)cc1OC(F)F. The number of hydrogen-bond acceptors (Lipinski definition) is 3. The lowest BCUT2D eigenvalue weighted by atomic mass is 10.1.